The highest BCUT2D eigenvalue weighted by Gasteiger charge is 2.11. The first-order valence-electron chi connectivity index (χ1n) is 7.65. The minimum Gasteiger partial charge on any atom is -0.312 e. The van der Waals surface area contributed by atoms with E-state index < -0.39 is 0 Å². The Morgan fingerprint density at radius 1 is 1.11 bits per heavy atom. The molecule has 0 aliphatic rings. The SMILES string of the molecule is Cc1nn(CCCC(C)C)c(C)c1CNCC(C)C. The molecule has 0 fully saturated rings. The van der Waals surface area contributed by atoms with E-state index in [1.165, 1.54) is 29.8 Å². The molecule has 3 nitrogen and oxygen atoms in total. The Kier molecular flexibility index (Phi) is 6.56. The number of aryl methyl sites for hydroxylation is 2. The van der Waals surface area contributed by atoms with Crippen molar-refractivity contribution >= 4 is 0 Å². The maximum absolute atomic E-state index is 4.68. The van der Waals surface area contributed by atoms with Gasteiger partial charge in [-0.3, -0.25) is 4.68 Å². The highest BCUT2D eigenvalue weighted by Crippen LogP contribution is 2.14. The second-order valence-electron chi connectivity index (χ2n) is 6.43. The number of rotatable bonds is 8. The van der Waals surface area contributed by atoms with Crippen LogP contribution in [0.5, 0.6) is 0 Å². The van der Waals surface area contributed by atoms with Gasteiger partial charge in [0, 0.05) is 24.3 Å². The van der Waals surface area contributed by atoms with Gasteiger partial charge in [-0.25, -0.2) is 0 Å². The van der Waals surface area contributed by atoms with E-state index in [0.29, 0.717) is 5.92 Å². The highest BCUT2D eigenvalue weighted by atomic mass is 15.3. The van der Waals surface area contributed by atoms with Crippen molar-refractivity contribution in [2.45, 2.75) is 67.5 Å². The van der Waals surface area contributed by atoms with Gasteiger partial charge in [-0.15, -0.1) is 0 Å². The number of nitrogens with one attached hydrogen (secondary N) is 1. The van der Waals surface area contributed by atoms with Crippen molar-refractivity contribution in [3.63, 3.8) is 0 Å². The largest absolute Gasteiger partial charge is 0.312 e. The lowest BCUT2D eigenvalue weighted by atomic mass is 10.1. The number of hydrogen-bond donors (Lipinski definition) is 1. The van der Waals surface area contributed by atoms with Crippen molar-refractivity contribution < 1.29 is 0 Å². The van der Waals surface area contributed by atoms with Crippen molar-refractivity contribution in [3.8, 4) is 0 Å². The molecule has 0 aliphatic heterocycles. The van der Waals surface area contributed by atoms with Gasteiger partial charge in [-0.1, -0.05) is 27.7 Å². The van der Waals surface area contributed by atoms with Gasteiger partial charge in [0.25, 0.3) is 0 Å². The Morgan fingerprint density at radius 3 is 2.37 bits per heavy atom. The minimum atomic E-state index is 0.696. The summed E-state index contributed by atoms with van der Waals surface area (Å²) in [5.41, 5.74) is 3.89. The maximum atomic E-state index is 4.68. The molecule has 0 saturated carbocycles. The maximum Gasteiger partial charge on any atom is 0.0641 e. The lowest BCUT2D eigenvalue weighted by Crippen LogP contribution is -2.19. The van der Waals surface area contributed by atoms with E-state index in [2.05, 4.69) is 56.6 Å². The Labute approximate surface area is 118 Å². The summed E-state index contributed by atoms with van der Waals surface area (Å²) < 4.78 is 2.18. The zero-order chi connectivity index (χ0) is 14.4. The van der Waals surface area contributed by atoms with E-state index in [0.717, 1.165) is 25.6 Å². The minimum absolute atomic E-state index is 0.696. The van der Waals surface area contributed by atoms with Gasteiger partial charge in [-0.05, 0) is 45.1 Å². The summed E-state index contributed by atoms with van der Waals surface area (Å²) in [6, 6.07) is 0. The lowest BCUT2D eigenvalue weighted by molar-refractivity contribution is 0.482. The van der Waals surface area contributed by atoms with Gasteiger partial charge in [0.15, 0.2) is 0 Å². The first-order chi connectivity index (χ1) is 8.91. The second-order valence-corrected chi connectivity index (χ2v) is 6.43. The molecule has 1 N–H and O–H groups in total. The number of hydrogen-bond acceptors (Lipinski definition) is 2. The molecule has 1 aromatic heterocycles. The monoisotopic (exact) mass is 265 g/mol. The van der Waals surface area contributed by atoms with Crippen molar-refractivity contribution in [1.82, 2.24) is 15.1 Å². The molecular formula is C16H31N3. The predicted octanol–water partition coefficient (Wildman–Crippen LogP) is 3.68. The smallest absolute Gasteiger partial charge is 0.0641 e. The summed E-state index contributed by atoms with van der Waals surface area (Å²) in [4.78, 5) is 0. The Bertz CT molecular complexity index is 378. The lowest BCUT2D eigenvalue weighted by Gasteiger charge is -2.09. The van der Waals surface area contributed by atoms with E-state index in [1.54, 1.807) is 0 Å². The van der Waals surface area contributed by atoms with Crippen molar-refractivity contribution in [3.05, 3.63) is 17.0 Å². The second kappa shape index (κ2) is 7.68. The summed E-state index contributed by atoms with van der Waals surface area (Å²) in [7, 11) is 0. The van der Waals surface area contributed by atoms with Crippen LogP contribution in [0.3, 0.4) is 0 Å². The third kappa shape index (κ3) is 5.35. The molecule has 19 heavy (non-hydrogen) atoms. The van der Waals surface area contributed by atoms with Crippen LogP contribution in [0.15, 0.2) is 0 Å². The van der Waals surface area contributed by atoms with Gasteiger partial charge in [0.05, 0.1) is 5.69 Å². The van der Waals surface area contributed by atoms with E-state index in [1.807, 2.05) is 0 Å². The Morgan fingerprint density at radius 2 is 1.79 bits per heavy atom. The fraction of sp³-hybridized carbons (Fsp3) is 0.812. The van der Waals surface area contributed by atoms with Crippen LogP contribution in [0.2, 0.25) is 0 Å². The van der Waals surface area contributed by atoms with Crippen LogP contribution in [0.4, 0.5) is 0 Å². The molecule has 0 spiro atoms. The molecule has 0 aliphatic carbocycles. The molecule has 0 radical (unpaired) electrons. The fourth-order valence-corrected chi connectivity index (χ4v) is 2.34. The predicted molar refractivity (Wildman–Crippen MR) is 82.3 cm³/mol. The molecule has 1 rings (SSSR count). The molecule has 1 heterocycles. The molecular weight excluding hydrogens is 234 g/mol. The van der Waals surface area contributed by atoms with Gasteiger partial charge >= 0.3 is 0 Å². The average Bonchev–Trinajstić information content (AvgIpc) is 2.56. The zero-order valence-electron chi connectivity index (χ0n) is 13.6. The highest BCUT2D eigenvalue weighted by molar-refractivity contribution is 5.24. The van der Waals surface area contributed by atoms with E-state index in [-0.39, 0.29) is 0 Å². The number of nitrogens with zero attached hydrogens (tertiary/aromatic N) is 2. The first-order valence-corrected chi connectivity index (χ1v) is 7.65. The van der Waals surface area contributed by atoms with Crippen LogP contribution >= 0.6 is 0 Å². The molecule has 0 atom stereocenters. The van der Waals surface area contributed by atoms with Gasteiger partial charge in [-0.2, -0.15) is 5.10 Å². The standard InChI is InChI=1S/C16H31N3/c1-12(2)8-7-9-19-15(6)16(14(5)18-19)11-17-10-13(3)4/h12-13,17H,7-11H2,1-6H3. The van der Waals surface area contributed by atoms with Crippen molar-refractivity contribution in [1.29, 1.82) is 0 Å². The normalized spacial score (nSPS) is 11.8. The van der Waals surface area contributed by atoms with Crippen LogP contribution in [-0.2, 0) is 13.1 Å². The summed E-state index contributed by atoms with van der Waals surface area (Å²) in [6.07, 6.45) is 2.50. The zero-order valence-corrected chi connectivity index (χ0v) is 13.6. The molecule has 0 amide bonds. The number of aromatic nitrogens is 2. The van der Waals surface area contributed by atoms with Crippen LogP contribution in [-0.4, -0.2) is 16.3 Å². The topological polar surface area (TPSA) is 29.9 Å². The average molecular weight is 265 g/mol. The van der Waals surface area contributed by atoms with Crippen molar-refractivity contribution in [2.24, 2.45) is 11.8 Å². The molecule has 110 valence electrons. The van der Waals surface area contributed by atoms with Crippen LogP contribution in [0, 0.1) is 25.7 Å². The molecule has 0 bridgehead atoms. The third-order valence-electron chi connectivity index (χ3n) is 3.54. The first kappa shape index (κ1) is 16.2. The van der Waals surface area contributed by atoms with Crippen LogP contribution in [0.25, 0.3) is 0 Å². The molecule has 0 saturated heterocycles. The summed E-state index contributed by atoms with van der Waals surface area (Å²) in [6.45, 7) is 16.4. The molecule has 0 aromatic carbocycles. The van der Waals surface area contributed by atoms with E-state index in [9.17, 15) is 0 Å². The Hall–Kier alpha value is -0.830. The van der Waals surface area contributed by atoms with Crippen LogP contribution < -0.4 is 5.32 Å². The third-order valence-corrected chi connectivity index (χ3v) is 3.54. The van der Waals surface area contributed by atoms with Crippen molar-refractivity contribution in [2.75, 3.05) is 6.54 Å². The summed E-state index contributed by atoms with van der Waals surface area (Å²) >= 11 is 0. The van der Waals surface area contributed by atoms with Gasteiger partial charge in [0.2, 0.25) is 0 Å². The summed E-state index contributed by atoms with van der Waals surface area (Å²) in [5.74, 6) is 1.48. The van der Waals surface area contributed by atoms with E-state index >= 15 is 0 Å². The molecule has 0 unspecified atom stereocenters. The van der Waals surface area contributed by atoms with Gasteiger partial charge < -0.3 is 5.32 Å². The van der Waals surface area contributed by atoms with Crippen LogP contribution in [0.1, 0.15) is 57.5 Å². The summed E-state index contributed by atoms with van der Waals surface area (Å²) in [5, 5.41) is 8.20. The van der Waals surface area contributed by atoms with E-state index in [4.69, 9.17) is 0 Å². The Balaban J connectivity index is 2.55. The fourth-order valence-electron chi connectivity index (χ4n) is 2.34. The molecule has 3 heteroatoms. The van der Waals surface area contributed by atoms with Gasteiger partial charge in [0.1, 0.15) is 0 Å². The quantitative estimate of drug-likeness (QED) is 0.777. The molecule has 1 aromatic rings.